The molecule has 1 aliphatic rings. The van der Waals surface area contributed by atoms with Crippen LogP contribution in [0.1, 0.15) is 31.4 Å². The van der Waals surface area contributed by atoms with E-state index in [1.807, 2.05) is 38.2 Å². The number of likely N-dealkylation sites (tertiary alicyclic amines) is 1. The average molecular weight is 422 g/mol. The molecule has 0 aliphatic carbocycles. The minimum atomic E-state index is -0.769. The number of hydrogen-bond donors (Lipinski definition) is 2. The van der Waals surface area contributed by atoms with Gasteiger partial charge in [-0.1, -0.05) is 30.3 Å². The molecule has 6 heteroatoms. The fraction of sp³-hybridized carbons (Fsp3) is 0.360. The third kappa shape index (κ3) is 4.33. The number of H-pyrrole nitrogens is 1. The summed E-state index contributed by atoms with van der Waals surface area (Å²) in [5.74, 6) is -0.559. The number of carbonyl (C=O) groups excluding carboxylic acids is 2. The molecular weight excluding hydrogens is 393 g/mol. The van der Waals surface area contributed by atoms with Crippen LogP contribution in [0.15, 0.2) is 54.7 Å². The highest BCUT2D eigenvalue weighted by atomic mass is 19.1. The molecule has 5 nitrogen and oxygen atoms in total. The van der Waals surface area contributed by atoms with Crippen LogP contribution in [0.3, 0.4) is 0 Å². The van der Waals surface area contributed by atoms with E-state index in [4.69, 9.17) is 0 Å². The molecular formula is C25H28FN3O2. The van der Waals surface area contributed by atoms with Crippen LogP contribution in [0.25, 0.3) is 10.9 Å². The first-order valence-electron chi connectivity index (χ1n) is 10.7. The van der Waals surface area contributed by atoms with E-state index in [0.29, 0.717) is 26.1 Å². The maximum Gasteiger partial charge on any atom is 0.232 e. The van der Waals surface area contributed by atoms with Crippen molar-refractivity contribution in [3.05, 3.63) is 71.7 Å². The molecule has 2 N–H and O–H groups in total. The van der Waals surface area contributed by atoms with E-state index >= 15 is 0 Å². The lowest BCUT2D eigenvalue weighted by atomic mass is 9.83. The van der Waals surface area contributed by atoms with Gasteiger partial charge in [-0.05, 0) is 56.0 Å². The first kappa shape index (κ1) is 21.1. The first-order chi connectivity index (χ1) is 14.9. The standard InChI is InChI=1S/C25H28FN3O2/c1-25(2,19-7-9-20(26)10-8-19)24(31)29-14-12-18(16-29)23(30)27-13-11-17-15-28-22-6-4-3-5-21(17)22/h3-10,15,18,28H,11-14,16H2,1-2H3,(H,27,30)/t18-/m0/s1. The maximum absolute atomic E-state index is 13.2. The van der Waals surface area contributed by atoms with Gasteiger partial charge in [0, 0.05) is 36.7 Å². The number of nitrogens with zero attached hydrogens (tertiary/aromatic N) is 1. The molecule has 3 aromatic rings. The zero-order valence-electron chi connectivity index (χ0n) is 18.0. The van der Waals surface area contributed by atoms with Crippen molar-refractivity contribution in [2.45, 2.75) is 32.1 Å². The Morgan fingerprint density at radius 1 is 1.16 bits per heavy atom. The van der Waals surface area contributed by atoms with Crippen LogP contribution in [-0.4, -0.2) is 41.3 Å². The Morgan fingerprint density at radius 2 is 1.90 bits per heavy atom. The number of para-hydroxylation sites is 1. The fourth-order valence-electron chi connectivity index (χ4n) is 4.35. The Morgan fingerprint density at radius 3 is 2.68 bits per heavy atom. The van der Waals surface area contributed by atoms with Crippen LogP contribution >= 0.6 is 0 Å². The Labute approximate surface area is 181 Å². The highest BCUT2D eigenvalue weighted by molar-refractivity contribution is 5.89. The minimum absolute atomic E-state index is 0.00488. The number of amides is 2. The van der Waals surface area contributed by atoms with Crippen LogP contribution < -0.4 is 5.32 Å². The number of carbonyl (C=O) groups is 2. The van der Waals surface area contributed by atoms with Crippen LogP contribution in [-0.2, 0) is 21.4 Å². The zero-order valence-corrected chi connectivity index (χ0v) is 18.0. The van der Waals surface area contributed by atoms with E-state index in [2.05, 4.69) is 16.4 Å². The highest BCUT2D eigenvalue weighted by Crippen LogP contribution is 2.29. The second-order valence-electron chi connectivity index (χ2n) is 8.77. The zero-order chi connectivity index (χ0) is 22.0. The van der Waals surface area contributed by atoms with E-state index in [0.717, 1.165) is 17.5 Å². The van der Waals surface area contributed by atoms with Crippen molar-refractivity contribution in [1.82, 2.24) is 15.2 Å². The summed E-state index contributed by atoms with van der Waals surface area (Å²) in [4.78, 5) is 30.8. The van der Waals surface area contributed by atoms with E-state index in [1.54, 1.807) is 17.0 Å². The lowest BCUT2D eigenvalue weighted by Gasteiger charge is -2.29. The van der Waals surface area contributed by atoms with Crippen molar-refractivity contribution >= 4 is 22.7 Å². The molecule has 2 amide bonds. The maximum atomic E-state index is 13.2. The largest absolute Gasteiger partial charge is 0.361 e. The van der Waals surface area contributed by atoms with Crippen molar-refractivity contribution in [3.8, 4) is 0 Å². The van der Waals surface area contributed by atoms with E-state index < -0.39 is 5.41 Å². The predicted molar refractivity (Wildman–Crippen MR) is 119 cm³/mol. The molecule has 31 heavy (non-hydrogen) atoms. The predicted octanol–water partition coefficient (Wildman–Crippen LogP) is 3.79. The summed E-state index contributed by atoms with van der Waals surface area (Å²) in [7, 11) is 0. The number of nitrogens with one attached hydrogen (secondary N) is 2. The van der Waals surface area contributed by atoms with Crippen LogP contribution in [0.2, 0.25) is 0 Å². The summed E-state index contributed by atoms with van der Waals surface area (Å²) in [6.45, 7) is 5.23. The molecule has 1 fully saturated rings. The van der Waals surface area contributed by atoms with Crippen molar-refractivity contribution in [2.24, 2.45) is 5.92 Å². The van der Waals surface area contributed by atoms with Gasteiger partial charge in [-0.25, -0.2) is 4.39 Å². The van der Waals surface area contributed by atoms with Crippen LogP contribution in [0.5, 0.6) is 0 Å². The van der Waals surface area contributed by atoms with Gasteiger partial charge in [-0.15, -0.1) is 0 Å². The molecule has 2 heterocycles. The lowest BCUT2D eigenvalue weighted by Crippen LogP contribution is -2.43. The topological polar surface area (TPSA) is 65.2 Å². The van der Waals surface area contributed by atoms with E-state index in [9.17, 15) is 14.0 Å². The summed E-state index contributed by atoms with van der Waals surface area (Å²) in [6, 6.07) is 14.2. The molecule has 0 bridgehead atoms. The van der Waals surface area contributed by atoms with Crippen LogP contribution in [0.4, 0.5) is 4.39 Å². The number of halogens is 1. The van der Waals surface area contributed by atoms with Crippen LogP contribution in [0, 0.1) is 11.7 Å². The number of benzene rings is 2. The summed E-state index contributed by atoms with van der Waals surface area (Å²) in [6.07, 6.45) is 3.40. The van der Waals surface area contributed by atoms with E-state index in [1.165, 1.54) is 23.1 Å². The Bertz CT molecular complexity index is 1090. The normalized spacial score (nSPS) is 16.6. The average Bonchev–Trinajstić information content (AvgIpc) is 3.41. The second-order valence-corrected chi connectivity index (χ2v) is 8.77. The fourth-order valence-corrected chi connectivity index (χ4v) is 4.35. The summed E-state index contributed by atoms with van der Waals surface area (Å²) in [5.41, 5.74) is 2.28. The number of rotatable bonds is 6. The first-order valence-corrected chi connectivity index (χ1v) is 10.7. The number of aromatic nitrogens is 1. The summed E-state index contributed by atoms with van der Waals surface area (Å²) < 4.78 is 13.2. The third-order valence-corrected chi connectivity index (χ3v) is 6.32. The van der Waals surface area contributed by atoms with E-state index in [-0.39, 0.29) is 23.5 Å². The van der Waals surface area contributed by atoms with Gasteiger partial charge in [0.25, 0.3) is 0 Å². The van der Waals surface area contributed by atoms with Crippen molar-refractivity contribution in [2.75, 3.05) is 19.6 Å². The number of fused-ring (bicyclic) bond motifs is 1. The molecule has 1 atom stereocenters. The molecule has 1 aromatic heterocycles. The molecule has 0 spiro atoms. The molecule has 0 saturated carbocycles. The van der Waals surface area contributed by atoms with Gasteiger partial charge in [-0.3, -0.25) is 9.59 Å². The quantitative estimate of drug-likeness (QED) is 0.636. The summed E-state index contributed by atoms with van der Waals surface area (Å²) >= 11 is 0. The van der Waals surface area contributed by atoms with Gasteiger partial charge in [-0.2, -0.15) is 0 Å². The smallest absolute Gasteiger partial charge is 0.232 e. The van der Waals surface area contributed by atoms with Gasteiger partial charge in [0.1, 0.15) is 5.82 Å². The molecule has 1 saturated heterocycles. The Hall–Kier alpha value is -3.15. The molecule has 0 unspecified atom stereocenters. The van der Waals surface area contributed by atoms with Gasteiger partial charge in [0.05, 0.1) is 11.3 Å². The number of hydrogen-bond acceptors (Lipinski definition) is 2. The SMILES string of the molecule is CC(C)(C(=O)N1CC[C@H](C(=O)NCCc2c[nH]c3ccccc23)C1)c1ccc(F)cc1. The minimum Gasteiger partial charge on any atom is -0.361 e. The Kier molecular flexibility index (Phi) is 5.81. The van der Waals surface area contributed by atoms with Gasteiger partial charge in [0.15, 0.2) is 0 Å². The Balaban J connectivity index is 1.31. The van der Waals surface area contributed by atoms with Gasteiger partial charge >= 0.3 is 0 Å². The molecule has 2 aromatic carbocycles. The highest BCUT2D eigenvalue weighted by Gasteiger charge is 2.38. The van der Waals surface area contributed by atoms with Crippen molar-refractivity contribution in [3.63, 3.8) is 0 Å². The lowest BCUT2D eigenvalue weighted by molar-refractivity contribution is -0.135. The van der Waals surface area contributed by atoms with Gasteiger partial charge < -0.3 is 15.2 Å². The third-order valence-electron chi connectivity index (χ3n) is 6.32. The number of aromatic amines is 1. The van der Waals surface area contributed by atoms with Crippen molar-refractivity contribution in [1.29, 1.82) is 0 Å². The van der Waals surface area contributed by atoms with Crippen molar-refractivity contribution < 1.29 is 14.0 Å². The summed E-state index contributed by atoms with van der Waals surface area (Å²) in [5, 5.41) is 4.21. The van der Waals surface area contributed by atoms with Gasteiger partial charge in [0.2, 0.25) is 11.8 Å². The second kappa shape index (κ2) is 8.53. The molecule has 162 valence electrons. The molecule has 1 aliphatic heterocycles. The molecule has 0 radical (unpaired) electrons. The monoisotopic (exact) mass is 421 g/mol. The molecule has 4 rings (SSSR count).